The van der Waals surface area contributed by atoms with Gasteiger partial charge in [0.05, 0.1) is 33.3 Å². The maximum absolute atomic E-state index is 11.5. The van der Waals surface area contributed by atoms with E-state index in [1.165, 1.54) is 16.7 Å². The van der Waals surface area contributed by atoms with Crippen LogP contribution in [0, 0.1) is 17.2 Å². The second kappa shape index (κ2) is 9.69. The topological polar surface area (TPSA) is 66.9 Å². The molecule has 5 nitrogen and oxygen atoms in total. The Labute approximate surface area is 132 Å². The van der Waals surface area contributed by atoms with Crippen molar-refractivity contribution < 1.29 is 14.4 Å². The molecule has 22 heavy (non-hydrogen) atoms. The lowest BCUT2D eigenvalue weighted by atomic mass is 10.1. The fourth-order valence-electron chi connectivity index (χ4n) is 2.02. The van der Waals surface area contributed by atoms with Gasteiger partial charge in [-0.15, -0.1) is 0 Å². The first-order chi connectivity index (χ1) is 10.6. The number of hydrogen-bond acceptors (Lipinski definition) is 4. The van der Waals surface area contributed by atoms with Gasteiger partial charge in [-0.05, 0) is 12.5 Å². The van der Waals surface area contributed by atoms with Crippen LogP contribution in [0.2, 0.25) is 0 Å². The van der Waals surface area contributed by atoms with Gasteiger partial charge < -0.3 is 9.64 Å². The van der Waals surface area contributed by atoms with Gasteiger partial charge in [0.15, 0.2) is 5.92 Å². The quantitative estimate of drug-likeness (QED) is 0.562. The average molecular weight is 302 g/mol. The summed E-state index contributed by atoms with van der Waals surface area (Å²) >= 11 is 0. The van der Waals surface area contributed by atoms with Crippen LogP contribution in [-0.4, -0.2) is 45.5 Å². The van der Waals surface area contributed by atoms with E-state index in [4.69, 9.17) is 10.00 Å². The zero-order chi connectivity index (χ0) is 16.4. The predicted octanol–water partition coefficient (Wildman–Crippen LogP) is 0.516. The normalized spacial score (nSPS) is 13.8. The van der Waals surface area contributed by atoms with Crippen molar-refractivity contribution in [3.8, 4) is 6.07 Å². The van der Waals surface area contributed by atoms with Gasteiger partial charge in [0, 0.05) is 12.6 Å². The van der Waals surface area contributed by atoms with Crippen molar-refractivity contribution in [2.45, 2.75) is 19.4 Å². The highest BCUT2D eigenvalue weighted by Crippen LogP contribution is 2.02. The summed E-state index contributed by atoms with van der Waals surface area (Å²) in [7, 11) is 4.16. The number of carbonyl (C=O) groups is 1. The Morgan fingerprint density at radius 3 is 2.64 bits per heavy atom. The monoisotopic (exact) mass is 302 g/mol. The third kappa shape index (κ3) is 6.06. The summed E-state index contributed by atoms with van der Waals surface area (Å²) in [6, 6.07) is 12.4. The highest BCUT2D eigenvalue weighted by atomic mass is 16.5. The molecular formula is C17H24N3O2+. The van der Waals surface area contributed by atoms with Gasteiger partial charge in [-0.25, -0.2) is 0 Å². The van der Waals surface area contributed by atoms with E-state index in [0.29, 0.717) is 12.6 Å². The Bertz CT molecular complexity index is 520. The van der Waals surface area contributed by atoms with Crippen molar-refractivity contribution in [3.05, 3.63) is 35.9 Å². The average Bonchev–Trinajstić information content (AvgIpc) is 2.51. The van der Waals surface area contributed by atoms with Gasteiger partial charge in [0.2, 0.25) is 0 Å². The fraction of sp³-hybridized carbons (Fsp3) is 0.471. The van der Waals surface area contributed by atoms with Crippen LogP contribution in [-0.2, 0) is 16.0 Å². The maximum Gasteiger partial charge on any atom is 0.328 e. The first-order valence-corrected chi connectivity index (χ1v) is 7.48. The van der Waals surface area contributed by atoms with Crippen molar-refractivity contribution in [1.82, 2.24) is 0 Å². The first kappa shape index (κ1) is 17.9. The summed E-state index contributed by atoms with van der Waals surface area (Å²) in [5, 5.41) is 8.99. The molecule has 0 aliphatic carbocycles. The third-order valence-electron chi connectivity index (χ3n) is 3.40. The number of ether oxygens (including phenoxy) is 1. The Morgan fingerprint density at radius 1 is 1.41 bits per heavy atom. The number of benzene rings is 1. The second-order valence-corrected chi connectivity index (χ2v) is 5.34. The molecule has 0 spiro atoms. The molecule has 0 aromatic heterocycles. The molecule has 0 aliphatic heterocycles. The van der Waals surface area contributed by atoms with Crippen LogP contribution in [0.15, 0.2) is 35.3 Å². The molecular weight excluding hydrogens is 278 g/mol. The molecule has 1 aromatic carbocycles. The van der Waals surface area contributed by atoms with Gasteiger partial charge in [-0.2, -0.15) is 5.26 Å². The number of rotatable bonds is 8. The molecule has 5 heteroatoms. The summed E-state index contributed by atoms with van der Waals surface area (Å²) in [5.41, 5.74) is 1.26. The van der Waals surface area contributed by atoms with Crippen molar-refractivity contribution in [1.29, 1.82) is 5.26 Å². The van der Waals surface area contributed by atoms with Crippen LogP contribution in [0.5, 0.6) is 0 Å². The van der Waals surface area contributed by atoms with Crippen LogP contribution >= 0.6 is 0 Å². The van der Waals surface area contributed by atoms with Crippen LogP contribution in [0.25, 0.3) is 0 Å². The highest BCUT2D eigenvalue weighted by Gasteiger charge is 2.18. The molecule has 0 aliphatic rings. The SMILES string of the molecule is CCOC(=O)[C@@H](C#N)C=NC[C@H](Cc1ccccc1)[NH+](C)C. The molecule has 0 saturated carbocycles. The molecule has 2 atom stereocenters. The van der Waals surface area contributed by atoms with Gasteiger partial charge >= 0.3 is 5.97 Å². The molecule has 118 valence electrons. The Kier molecular flexibility index (Phi) is 7.87. The van der Waals surface area contributed by atoms with E-state index in [-0.39, 0.29) is 6.61 Å². The minimum Gasteiger partial charge on any atom is -0.465 e. The number of carbonyl (C=O) groups excluding carboxylic acids is 1. The van der Waals surface area contributed by atoms with Gasteiger partial charge in [0.1, 0.15) is 6.04 Å². The van der Waals surface area contributed by atoms with E-state index < -0.39 is 11.9 Å². The Hall–Kier alpha value is -2.19. The lowest BCUT2D eigenvalue weighted by Crippen LogP contribution is -3.11. The summed E-state index contributed by atoms with van der Waals surface area (Å²) in [6.07, 6.45) is 2.30. The summed E-state index contributed by atoms with van der Waals surface area (Å²) in [6.45, 7) is 2.55. The third-order valence-corrected chi connectivity index (χ3v) is 3.40. The van der Waals surface area contributed by atoms with Crippen molar-refractivity contribution in [3.63, 3.8) is 0 Å². The minimum atomic E-state index is -0.922. The summed E-state index contributed by atoms with van der Waals surface area (Å²) in [4.78, 5) is 17.1. The van der Waals surface area contributed by atoms with E-state index in [1.807, 2.05) is 24.3 Å². The number of esters is 1. The Morgan fingerprint density at radius 2 is 2.09 bits per heavy atom. The Balaban J connectivity index is 2.62. The zero-order valence-corrected chi connectivity index (χ0v) is 13.5. The van der Waals surface area contributed by atoms with Gasteiger partial charge in [-0.3, -0.25) is 9.79 Å². The number of likely N-dealkylation sites (N-methyl/N-ethyl adjacent to an activating group) is 1. The van der Waals surface area contributed by atoms with E-state index in [9.17, 15) is 4.79 Å². The van der Waals surface area contributed by atoms with Gasteiger partial charge in [-0.1, -0.05) is 30.3 Å². The predicted molar refractivity (Wildman–Crippen MR) is 85.8 cm³/mol. The van der Waals surface area contributed by atoms with Crippen LogP contribution < -0.4 is 4.90 Å². The second-order valence-electron chi connectivity index (χ2n) is 5.34. The molecule has 0 unspecified atom stereocenters. The lowest BCUT2D eigenvalue weighted by molar-refractivity contribution is -0.883. The van der Waals surface area contributed by atoms with Crippen LogP contribution in [0.3, 0.4) is 0 Å². The number of nitrogens with one attached hydrogen (secondary N) is 1. The number of nitriles is 1. The van der Waals surface area contributed by atoms with E-state index >= 15 is 0 Å². The number of nitrogens with zero attached hydrogens (tertiary/aromatic N) is 2. The number of hydrogen-bond donors (Lipinski definition) is 1. The van der Waals surface area contributed by atoms with Crippen molar-refractivity contribution in [2.75, 3.05) is 27.2 Å². The number of aliphatic imine (C=N–C) groups is 1. The molecule has 0 amide bonds. The van der Waals surface area contributed by atoms with E-state index in [0.717, 1.165) is 6.42 Å². The van der Waals surface area contributed by atoms with Gasteiger partial charge in [0.25, 0.3) is 0 Å². The van der Waals surface area contributed by atoms with E-state index in [1.54, 1.807) is 6.92 Å². The largest absolute Gasteiger partial charge is 0.465 e. The summed E-state index contributed by atoms with van der Waals surface area (Å²) < 4.78 is 4.84. The first-order valence-electron chi connectivity index (χ1n) is 7.48. The molecule has 1 aromatic rings. The maximum atomic E-state index is 11.5. The standard InChI is InChI=1S/C17H23N3O2/c1-4-22-17(21)15(11-18)12-19-13-16(20(2)3)10-14-8-6-5-7-9-14/h5-9,12,15-16H,4,10,13H2,1-3H3/p+1/t15-,16-/m0/s1. The summed E-state index contributed by atoms with van der Waals surface area (Å²) in [5.74, 6) is -1.46. The fourth-order valence-corrected chi connectivity index (χ4v) is 2.02. The molecule has 0 radical (unpaired) electrons. The lowest BCUT2D eigenvalue weighted by Gasteiger charge is -2.19. The van der Waals surface area contributed by atoms with E-state index in [2.05, 4.69) is 31.2 Å². The van der Waals surface area contributed by atoms with Crippen molar-refractivity contribution >= 4 is 12.2 Å². The van der Waals surface area contributed by atoms with Crippen LogP contribution in [0.4, 0.5) is 0 Å². The van der Waals surface area contributed by atoms with Crippen LogP contribution in [0.1, 0.15) is 12.5 Å². The molecule has 0 saturated heterocycles. The minimum absolute atomic E-state index is 0.267. The molecule has 0 bridgehead atoms. The number of quaternary nitrogens is 1. The zero-order valence-electron chi connectivity index (χ0n) is 13.5. The smallest absolute Gasteiger partial charge is 0.328 e. The molecule has 1 rings (SSSR count). The molecule has 0 fully saturated rings. The molecule has 1 N–H and O–H groups in total. The van der Waals surface area contributed by atoms with Crippen molar-refractivity contribution in [2.24, 2.45) is 10.9 Å². The highest BCUT2D eigenvalue weighted by molar-refractivity contribution is 5.92. The molecule has 0 heterocycles.